The number of nitrogens with zero attached hydrogens (tertiary/aromatic N) is 2. The van der Waals surface area contributed by atoms with E-state index in [-0.39, 0.29) is 23.5 Å². The maximum Gasteiger partial charge on any atom is 0.227 e. The first-order valence-corrected chi connectivity index (χ1v) is 19.2. The fraction of sp³-hybridized carbons (Fsp3) is 0.426. The van der Waals surface area contributed by atoms with Crippen molar-refractivity contribution in [3.63, 3.8) is 0 Å². The van der Waals surface area contributed by atoms with Crippen molar-refractivity contribution >= 4 is 23.1 Å². The molecule has 0 heterocycles. The molecule has 0 aliphatic carbocycles. The van der Waals surface area contributed by atoms with E-state index in [9.17, 15) is 14.0 Å². The van der Waals surface area contributed by atoms with E-state index in [1.54, 1.807) is 19.1 Å². The number of aliphatic imine (C=N–C) groups is 1. The van der Waals surface area contributed by atoms with E-state index in [1.165, 1.54) is 50.7 Å². The second-order valence-corrected chi connectivity index (χ2v) is 13.3. The van der Waals surface area contributed by atoms with Crippen LogP contribution in [-0.2, 0) is 11.2 Å². The number of hydrogen-bond acceptors (Lipinski definition) is 3. The molecule has 4 aromatic rings. The number of Topliss-reactive ketones (excluding diaryl/α,β-unsaturated/α-hetero) is 1. The van der Waals surface area contributed by atoms with Crippen molar-refractivity contribution in [2.45, 2.75) is 127 Å². The summed E-state index contributed by atoms with van der Waals surface area (Å²) >= 11 is 0. The summed E-state index contributed by atoms with van der Waals surface area (Å²) in [6.07, 6.45) is 9.38. The van der Waals surface area contributed by atoms with Crippen LogP contribution < -0.4 is 0 Å². The van der Waals surface area contributed by atoms with Crippen molar-refractivity contribution in [1.29, 1.82) is 0 Å². The lowest BCUT2D eigenvalue weighted by atomic mass is 10.0. The number of ketones is 1. The van der Waals surface area contributed by atoms with E-state index >= 15 is 0 Å². The number of rotatable bonds is 13. The average molecular weight is 709 g/mol. The Labute approximate surface area is 315 Å². The van der Waals surface area contributed by atoms with Gasteiger partial charge in [0, 0.05) is 17.8 Å². The third kappa shape index (κ3) is 17.2. The number of aryl methyl sites for hydroxylation is 2. The summed E-state index contributed by atoms with van der Waals surface area (Å²) < 4.78 is 12.1. The monoisotopic (exact) mass is 709 g/mol. The zero-order valence-corrected chi connectivity index (χ0v) is 33.8. The molecule has 0 saturated heterocycles. The minimum absolute atomic E-state index is 0.00209. The summed E-state index contributed by atoms with van der Waals surface area (Å²) in [4.78, 5) is 32.1. The van der Waals surface area contributed by atoms with Crippen molar-refractivity contribution in [2.24, 2.45) is 4.99 Å². The first-order valence-electron chi connectivity index (χ1n) is 19.2. The van der Waals surface area contributed by atoms with Crippen LogP contribution in [0.15, 0.2) is 102 Å². The Bertz CT molecular complexity index is 1570. The van der Waals surface area contributed by atoms with E-state index < -0.39 is 0 Å². The van der Waals surface area contributed by atoms with Gasteiger partial charge in [0.25, 0.3) is 0 Å². The van der Waals surface area contributed by atoms with Gasteiger partial charge >= 0.3 is 0 Å². The van der Waals surface area contributed by atoms with Gasteiger partial charge in [-0.2, -0.15) is 0 Å². The lowest BCUT2D eigenvalue weighted by Crippen LogP contribution is -2.43. The van der Waals surface area contributed by atoms with Crippen LogP contribution in [0.5, 0.6) is 0 Å². The standard InChI is InChI=1S/C30H34N2O2.C7H7F.C6H14.C4H10/c1-6-19-32(23(4)22(3)31-28-14-10-11-21(2)30(28)24(5)33)29(34)20-25-15-17-27(18-16-25)26-12-8-7-9-13-26;1-6-2-4-7(8)5-3-6;1-3-5-6-4-2;1-3-4-2/h7-18,23H,6,19-20H2,1-5H3;2-5H,1H3;3-6H2,1-2H3;3-4H2,1-2H3. The lowest BCUT2D eigenvalue weighted by molar-refractivity contribution is -0.131. The van der Waals surface area contributed by atoms with Gasteiger partial charge in [0.05, 0.1) is 18.2 Å². The second kappa shape index (κ2) is 26.4. The highest BCUT2D eigenvalue weighted by atomic mass is 19.1. The summed E-state index contributed by atoms with van der Waals surface area (Å²) in [7, 11) is 0. The number of amides is 1. The van der Waals surface area contributed by atoms with Gasteiger partial charge in [-0.1, -0.05) is 158 Å². The molecule has 0 spiro atoms. The Kier molecular flexibility index (Phi) is 23.2. The summed E-state index contributed by atoms with van der Waals surface area (Å²) in [5, 5.41) is 0. The number of halogens is 1. The highest BCUT2D eigenvalue weighted by Crippen LogP contribution is 2.25. The molecule has 4 nitrogen and oxygen atoms in total. The molecule has 4 aromatic carbocycles. The van der Waals surface area contributed by atoms with Gasteiger partial charge in [-0.15, -0.1) is 0 Å². The van der Waals surface area contributed by atoms with E-state index in [0.717, 1.165) is 39.9 Å². The number of benzene rings is 4. The summed E-state index contributed by atoms with van der Waals surface area (Å²) in [5.41, 5.74) is 7.41. The van der Waals surface area contributed by atoms with Crippen LogP contribution in [0, 0.1) is 19.7 Å². The van der Waals surface area contributed by atoms with E-state index in [1.807, 2.05) is 81.1 Å². The van der Waals surface area contributed by atoms with Gasteiger partial charge in [0.15, 0.2) is 5.78 Å². The summed E-state index contributed by atoms with van der Waals surface area (Å²) in [6, 6.07) is 30.3. The Balaban J connectivity index is 0.000000612. The van der Waals surface area contributed by atoms with Crippen LogP contribution in [0.25, 0.3) is 11.1 Å². The molecule has 4 rings (SSSR count). The molecule has 0 aromatic heterocycles. The van der Waals surface area contributed by atoms with E-state index in [0.29, 0.717) is 24.2 Å². The van der Waals surface area contributed by atoms with Gasteiger partial charge in [0.2, 0.25) is 5.91 Å². The normalized spacial score (nSPS) is 11.1. The molecule has 0 radical (unpaired) electrons. The molecule has 0 aliphatic heterocycles. The van der Waals surface area contributed by atoms with Gasteiger partial charge in [-0.25, -0.2) is 4.39 Å². The minimum Gasteiger partial charge on any atom is -0.334 e. The molecule has 0 aliphatic rings. The fourth-order valence-electron chi connectivity index (χ4n) is 5.24. The van der Waals surface area contributed by atoms with Crippen LogP contribution in [0.1, 0.15) is 127 Å². The van der Waals surface area contributed by atoms with Crippen molar-refractivity contribution in [1.82, 2.24) is 4.90 Å². The van der Waals surface area contributed by atoms with Crippen LogP contribution >= 0.6 is 0 Å². The molecule has 1 amide bonds. The first-order chi connectivity index (χ1) is 24.9. The van der Waals surface area contributed by atoms with Crippen LogP contribution in [-0.4, -0.2) is 34.9 Å². The lowest BCUT2D eigenvalue weighted by Gasteiger charge is -2.29. The van der Waals surface area contributed by atoms with Crippen LogP contribution in [0.4, 0.5) is 10.1 Å². The second-order valence-electron chi connectivity index (χ2n) is 13.3. The molecule has 282 valence electrons. The summed E-state index contributed by atoms with van der Waals surface area (Å²) in [6.45, 7) is 20.9. The molecule has 0 N–H and O–H groups in total. The third-order valence-corrected chi connectivity index (χ3v) is 8.64. The number of hydrogen-bond donors (Lipinski definition) is 0. The Hall–Kier alpha value is -4.38. The SMILES string of the molecule is CCCC.CCCCCC.CCCN(C(=O)Cc1ccc(-c2ccccc2)cc1)C(C)C(C)=Nc1cccc(C)c1C(C)=O.Cc1ccc(F)cc1. The topological polar surface area (TPSA) is 49.7 Å². The predicted molar refractivity (Wildman–Crippen MR) is 223 cm³/mol. The molecule has 52 heavy (non-hydrogen) atoms. The molecule has 0 saturated carbocycles. The highest BCUT2D eigenvalue weighted by molar-refractivity contribution is 6.02. The van der Waals surface area contributed by atoms with Gasteiger partial charge in [-0.3, -0.25) is 14.6 Å². The van der Waals surface area contributed by atoms with Crippen molar-refractivity contribution in [3.8, 4) is 11.1 Å². The quantitative estimate of drug-likeness (QED) is 0.0788. The smallest absolute Gasteiger partial charge is 0.227 e. The average Bonchev–Trinajstić information content (AvgIpc) is 3.15. The maximum absolute atomic E-state index is 13.3. The molecular weight excluding hydrogens is 644 g/mol. The minimum atomic E-state index is -0.171. The van der Waals surface area contributed by atoms with E-state index in [4.69, 9.17) is 4.99 Å². The molecule has 1 unspecified atom stereocenters. The van der Waals surface area contributed by atoms with Crippen LogP contribution in [0.2, 0.25) is 0 Å². The molecule has 1 atom stereocenters. The third-order valence-electron chi connectivity index (χ3n) is 8.64. The number of carbonyl (C=O) groups excluding carboxylic acids is 2. The zero-order valence-electron chi connectivity index (χ0n) is 33.8. The predicted octanol–water partition coefficient (Wildman–Crippen LogP) is 13.4. The van der Waals surface area contributed by atoms with Crippen molar-refractivity contribution in [3.05, 3.63) is 125 Å². The van der Waals surface area contributed by atoms with Gasteiger partial charge in [-0.05, 0) is 81.5 Å². The van der Waals surface area contributed by atoms with Crippen molar-refractivity contribution in [2.75, 3.05) is 6.54 Å². The van der Waals surface area contributed by atoms with E-state index in [2.05, 4.69) is 58.9 Å². The summed E-state index contributed by atoms with van der Waals surface area (Å²) in [5.74, 6) is -0.0965. The number of carbonyl (C=O) groups is 2. The van der Waals surface area contributed by atoms with Crippen LogP contribution in [0.3, 0.4) is 0 Å². The molecule has 5 heteroatoms. The van der Waals surface area contributed by atoms with Crippen molar-refractivity contribution < 1.29 is 14.0 Å². The zero-order chi connectivity index (χ0) is 38.9. The number of unbranched alkanes of at least 4 members (excludes halogenated alkanes) is 4. The molecule has 0 fully saturated rings. The fourth-order valence-corrected chi connectivity index (χ4v) is 5.24. The maximum atomic E-state index is 13.3. The highest BCUT2D eigenvalue weighted by Gasteiger charge is 2.22. The molecule has 0 bridgehead atoms. The molecular formula is C47H65FN2O2. The Morgan fingerprint density at radius 3 is 1.71 bits per heavy atom. The van der Waals surface area contributed by atoms with Gasteiger partial charge in [0.1, 0.15) is 5.82 Å². The largest absolute Gasteiger partial charge is 0.334 e. The first kappa shape index (κ1) is 45.6. The Morgan fingerprint density at radius 2 is 1.23 bits per heavy atom. The Morgan fingerprint density at radius 1 is 0.673 bits per heavy atom. The van der Waals surface area contributed by atoms with Gasteiger partial charge < -0.3 is 4.90 Å².